The highest BCUT2D eigenvalue weighted by atomic mass is 32.2. The molecule has 0 unspecified atom stereocenters. The summed E-state index contributed by atoms with van der Waals surface area (Å²) in [5, 5.41) is 0. The normalized spacial score (nSPS) is 10.6. The Morgan fingerprint density at radius 1 is 1.00 bits per heavy atom. The van der Waals surface area contributed by atoms with Crippen molar-refractivity contribution in [1.82, 2.24) is 0 Å². The lowest BCUT2D eigenvalue weighted by molar-refractivity contribution is 0.242. The van der Waals surface area contributed by atoms with Crippen LogP contribution in [0, 0.1) is 0 Å². The van der Waals surface area contributed by atoms with Gasteiger partial charge in [-0.3, -0.25) is 0 Å². The molecule has 0 atom stereocenters. The Bertz CT molecular complexity index is 584. The first-order valence-electron chi connectivity index (χ1n) is 6.46. The molecule has 0 heterocycles. The summed E-state index contributed by atoms with van der Waals surface area (Å²) in [6, 6.07) is 13.7. The van der Waals surface area contributed by atoms with Gasteiger partial charge >= 0.3 is 0 Å². The minimum absolute atomic E-state index is 0.131. The van der Waals surface area contributed by atoms with Crippen molar-refractivity contribution in [2.45, 2.75) is 29.7 Å². The summed E-state index contributed by atoms with van der Waals surface area (Å²) in [5.74, 6) is 1.64. The highest BCUT2D eigenvalue weighted by Gasteiger charge is 2.05. The zero-order valence-corrected chi connectivity index (χ0v) is 12.7. The number of methoxy groups -OCH3 is 1. The minimum atomic E-state index is 0.131. The zero-order valence-electron chi connectivity index (χ0n) is 11.9. The number of nitrogen functional groups attached to an aromatic ring is 1. The molecule has 20 heavy (non-hydrogen) atoms. The first-order chi connectivity index (χ1) is 9.56. The predicted octanol–water partition coefficient (Wildman–Crippen LogP) is 4.22. The van der Waals surface area contributed by atoms with E-state index in [1.165, 1.54) is 0 Å². The van der Waals surface area contributed by atoms with Crippen molar-refractivity contribution in [2.24, 2.45) is 0 Å². The molecule has 106 valence electrons. The van der Waals surface area contributed by atoms with Crippen molar-refractivity contribution in [3.05, 3.63) is 42.5 Å². The van der Waals surface area contributed by atoms with Crippen molar-refractivity contribution in [2.75, 3.05) is 12.8 Å². The second-order valence-corrected chi connectivity index (χ2v) is 5.83. The van der Waals surface area contributed by atoms with Gasteiger partial charge in [0.25, 0.3) is 0 Å². The highest BCUT2D eigenvalue weighted by molar-refractivity contribution is 7.99. The number of hydrogen-bond acceptors (Lipinski definition) is 4. The molecule has 0 spiro atoms. The van der Waals surface area contributed by atoms with Crippen molar-refractivity contribution >= 4 is 17.4 Å². The van der Waals surface area contributed by atoms with E-state index in [2.05, 4.69) is 0 Å². The quantitative estimate of drug-likeness (QED) is 0.837. The molecule has 2 rings (SSSR count). The van der Waals surface area contributed by atoms with Crippen LogP contribution in [-0.4, -0.2) is 13.2 Å². The third-order valence-electron chi connectivity index (χ3n) is 2.55. The van der Waals surface area contributed by atoms with Gasteiger partial charge in [-0.05, 0) is 44.2 Å². The third-order valence-corrected chi connectivity index (χ3v) is 3.51. The maximum absolute atomic E-state index is 5.93. The molecule has 0 aliphatic heterocycles. The number of benzene rings is 2. The lowest BCUT2D eigenvalue weighted by atomic mass is 10.3. The van der Waals surface area contributed by atoms with Gasteiger partial charge in [0.2, 0.25) is 0 Å². The lowest BCUT2D eigenvalue weighted by Gasteiger charge is -2.12. The van der Waals surface area contributed by atoms with Crippen LogP contribution in [0.25, 0.3) is 0 Å². The van der Waals surface area contributed by atoms with Crippen LogP contribution >= 0.6 is 11.8 Å². The predicted molar refractivity (Wildman–Crippen MR) is 83.7 cm³/mol. The molecular formula is C16H19NO2S. The van der Waals surface area contributed by atoms with Gasteiger partial charge in [-0.15, -0.1) is 0 Å². The average molecular weight is 289 g/mol. The van der Waals surface area contributed by atoms with Crippen molar-refractivity contribution < 1.29 is 9.47 Å². The van der Waals surface area contributed by atoms with E-state index in [0.29, 0.717) is 5.69 Å². The largest absolute Gasteiger partial charge is 0.497 e. The van der Waals surface area contributed by atoms with Crippen LogP contribution < -0.4 is 15.2 Å². The third kappa shape index (κ3) is 4.10. The van der Waals surface area contributed by atoms with Crippen LogP contribution in [-0.2, 0) is 0 Å². The van der Waals surface area contributed by atoms with Crippen LogP contribution in [0.15, 0.2) is 52.3 Å². The Morgan fingerprint density at radius 3 is 2.45 bits per heavy atom. The first-order valence-corrected chi connectivity index (χ1v) is 7.27. The monoisotopic (exact) mass is 289 g/mol. The summed E-state index contributed by atoms with van der Waals surface area (Å²) in [6.45, 7) is 4.00. The Balaban J connectivity index is 2.21. The van der Waals surface area contributed by atoms with Crippen LogP contribution in [0.3, 0.4) is 0 Å². The van der Waals surface area contributed by atoms with Crippen molar-refractivity contribution in [1.29, 1.82) is 0 Å². The number of ether oxygens (including phenoxy) is 2. The minimum Gasteiger partial charge on any atom is -0.497 e. The van der Waals surface area contributed by atoms with Gasteiger partial charge < -0.3 is 15.2 Å². The molecule has 2 N–H and O–H groups in total. The van der Waals surface area contributed by atoms with Gasteiger partial charge in [0.15, 0.2) is 0 Å². The average Bonchev–Trinajstić information content (AvgIpc) is 2.37. The maximum atomic E-state index is 5.93. The van der Waals surface area contributed by atoms with E-state index >= 15 is 0 Å². The Kier molecular flexibility index (Phi) is 4.79. The molecule has 0 fully saturated rings. The molecule has 0 saturated carbocycles. The Hall–Kier alpha value is -1.81. The molecule has 2 aromatic carbocycles. The van der Waals surface area contributed by atoms with E-state index in [0.717, 1.165) is 21.3 Å². The first kappa shape index (κ1) is 14.6. The number of nitrogens with two attached hydrogens (primary N) is 1. The van der Waals surface area contributed by atoms with Crippen LogP contribution in [0.2, 0.25) is 0 Å². The maximum Gasteiger partial charge on any atom is 0.122 e. The van der Waals surface area contributed by atoms with Gasteiger partial charge in [-0.25, -0.2) is 0 Å². The molecule has 0 aromatic heterocycles. The topological polar surface area (TPSA) is 44.5 Å². The Labute approximate surface area is 124 Å². The SMILES string of the molecule is COc1cccc(Sc2cc(N)cc(OC(C)C)c2)c1. The molecule has 0 bridgehead atoms. The molecule has 0 aliphatic rings. The molecule has 0 radical (unpaired) electrons. The van der Waals surface area contributed by atoms with E-state index in [-0.39, 0.29) is 6.10 Å². The fourth-order valence-electron chi connectivity index (χ4n) is 1.79. The molecule has 4 heteroatoms. The fourth-order valence-corrected chi connectivity index (χ4v) is 2.76. The molecular weight excluding hydrogens is 270 g/mol. The van der Waals surface area contributed by atoms with Crippen LogP contribution in [0.4, 0.5) is 5.69 Å². The summed E-state index contributed by atoms with van der Waals surface area (Å²) in [7, 11) is 1.67. The zero-order chi connectivity index (χ0) is 14.5. The summed E-state index contributed by atoms with van der Waals surface area (Å²) in [5.41, 5.74) is 6.63. The summed E-state index contributed by atoms with van der Waals surface area (Å²) >= 11 is 1.63. The molecule has 3 nitrogen and oxygen atoms in total. The van der Waals surface area contributed by atoms with Crippen molar-refractivity contribution in [3.63, 3.8) is 0 Å². The summed E-state index contributed by atoms with van der Waals surface area (Å²) in [4.78, 5) is 2.15. The standard InChI is InChI=1S/C16H19NO2S/c1-11(2)19-14-7-12(17)8-16(10-14)20-15-6-4-5-13(9-15)18-3/h4-11H,17H2,1-3H3. The second-order valence-electron chi connectivity index (χ2n) is 4.69. The van der Waals surface area contributed by atoms with Gasteiger partial charge in [-0.2, -0.15) is 0 Å². The van der Waals surface area contributed by atoms with Gasteiger partial charge in [-0.1, -0.05) is 17.8 Å². The van der Waals surface area contributed by atoms with E-state index in [9.17, 15) is 0 Å². The molecule has 0 saturated heterocycles. The second kappa shape index (κ2) is 6.57. The number of anilines is 1. The van der Waals surface area contributed by atoms with Gasteiger partial charge in [0, 0.05) is 21.5 Å². The van der Waals surface area contributed by atoms with Crippen molar-refractivity contribution in [3.8, 4) is 11.5 Å². The van der Waals surface area contributed by atoms with E-state index in [1.54, 1.807) is 18.9 Å². The van der Waals surface area contributed by atoms with Gasteiger partial charge in [0.05, 0.1) is 13.2 Å². The van der Waals surface area contributed by atoms with Gasteiger partial charge in [0.1, 0.15) is 11.5 Å². The molecule has 0 aliphatic carbocycles. The van der Waals surface area contributed by atoms with E-state index < -0.39 is 0 Å². The Morgan fingerprint density at radius 2 is 1.75 bits per heavy atom. The van der Waals surface area contributed by atoms with E-state index in [4.69, 9.17) is 15.2 Å². The smallest absolute Gasteiger partial charge is 0.122 e. The summed E-state index contributed by atoms with van der Waals surface area (Å²) in [6.07, 6.45) is 0.131. The highest BCUT2D eigenvalue weighted by Crippen LogP contribution is 2.33. The van der Waals surface area contributed by atoms with Crippen LogP contribution in [0.5, 0.6) is 11.5 Å². The fraction of sp³-hybridized carbons (Fsp3) is 0.250. The lowest BCUT2D eigenvalue weighted by Crippen LogP contribution is -2.05. The number of hydrogen-bond donors (Lipinski definition) is 1. The van der Waals surface area contributed by atoms with Crippen LogP contribution in [0.1, 0.15) is 13.8 Å². The van der Waals surface area contributed by atoms with E-state index in [1.807, 2.05) is 56.3 Å². The molecule has 2 aromatic rings. The number of rotatable bonds is 5. The molecule has 0 amide bonds. The summed E-state index contributed by atoms with van der Waals surface area (Å²) < 4.78 is 10.9.